The van der Waals surface area contributed by atoms with Crippen LogP contribution in [-0.4, -0.2) is 37.1 Å². The van der Waals surface area contributed by atoms with Crippen molar-refractivity contribution in [1.82, 2.24) is 25.3 Å². The minimum absolute atomic E-state index is 0.386. The van der Waals surface area contributed by atoms with Gasteiger partial charge in [0.1, 0.15) is 0 Å². The number of amides is 2. The Morgan fingerprint density at radius 1 is 1.47 bits per heavy atom. The molecule has 2 heterocycles. The number of aliphatic carboxylic acids is 1. The van der Waals surface area contributed by atoms with Crippen LogP contribution in [0.25, 0.3) is 0 Å². The van der Waals surface area contributed by atoms with E-state index in [0.29, 0.717) is 11.3 Å². The minimum Gasteiger partial charge on any atom is -0.479 e. The van der Waals surface area contributed by atoms with Crippen LogP contribution in [0.15, 0.2) is 24.8 Å². The number of rotatable bonds is 4. The molecule has 19 heavy (non-hydrogen) atoms. The van der Waals surface area contributed by atoms with Gasteiger partial charge in [-0.05, 0) is 0 Å². The van der Waals surface area contributed by atoms with Gasteiger partial charge in [0.2, 0.25) is 0 Å². The zero-order valence-electron chi connectivity index (χ0n) is 9.99. The number of carboxylic acids is 1. The standard InChI is InChI=1S/C10H12N6O3/c1-16-5-6(2-13-16)8(9(17)18)15-10(19)14-7-3-11-12-4-7/h2-5,8H,1H3,(H,11,12)(H,17,18)(H2,14,15,19). The summed E-state index contributed by atoms with van der Waals surface area (Å²) in [5.41, 5.74) is 0.824. The number of anilines is 1. The molecule has 0 radical (unpaired) electrons. The molecule has 0 spiro atoms. The number of hydrogen-bond donors (Lipinski definition) is 4. The van der Waals surface area contributed by atoms with Gasteiger partial charge < -0.3 is 15.7 Å². The van der Waals surface area contributed by atoms with Crippen molar-refractivity contribution in [1.29, 1.82) is 0 Å². The third-order valence-electron chi connectivity index (χ3n) is 2.34. The number of aryl methyl sites for hydroxylation is 1. The van der Waals surface area contributed by atoms with Crippen molar-refractivity contribution in [3.05, 3.63) is 30.4 Å². The van der Waals surface area contributed by atoms with Gasteiger partial charge in [-0.2, -0.15) is 10.2 Å². The second-order valence-electron chi connectivity index (χ2n) is 3.80. The summed E-state index contributed by atoms with van der Waals surface area (Å²) in [5, 5.41) is 23.9. The summed E-state index contributed by atoms with van der Waals surface area (Å²) in [6.45, 7) is 0. The molecule has 1 atom stereocenters. The first-order valence-corrected chi connectivity index (χ1v) is 5.34. The lowest BCUT2D eigenvalue weighted by atomic mass is 10.1. The van der Waals surface area contributed by atoms with Crippen molar-refractivity contribution in [2.45, 2.75) is 6.04 Å². The molecule has 2 aromatic rings. The summed E-state index contributed by atoms with van der Waals surface area (Å²) in [5.74, 6) is -1.17. The number of aromatic nitrogens is 4. The number of carboxylic acid groups (broad SMARTS) is 1. The van der Waals surface area contributed by atoms with Crippen LogP contribution >= 0.6 is 0 Å². The van der Waals surface area contributed by atoms with E-state index < -0.39 is 18.0 Å². The maximum Gasteiger partial charge on any atom is 0.331 e. The molecule has 2 rings (SSSR count). The highest BCUT2D eigenvalue weighted by Crippen LogP contribution is 2.12. The van der Waals surface area contributed by atoms with Crippen molar-refractivity contribution < 1.29 is 14.7 Å². The molecule has 0 bridgehead atoms. The normalized spacial score (nSPS) is 11.8. The fourth-order valence-corrected chi connectivity index (χ4v) is 1.49. The first kappa shape index (κ1) is 12.6. The van der Waals surface area contributed by atoms with Crippen LogP contribution in [-0.2, 0) is 11.8 Å². The van der Waals surface area contributed by atoms with Crippen molar-refractivity contribution in [3.63, 3.8) is 0 Å². The molecule has 9 nitrogen and oxygen atoms in total. The predicted molar refractivity (Wildman–Crippen MR) is 64.3 cm³/mol. The average molecular weight is 264 g/mol. The number of H-pyrrole nitrogens is 1. The highest BCUT2D eigenvalue weighted by atomic mass is 16.4. The van der Waals surface area contributed by atoms with Gasteiger partial charge in [0.25, 0.3) is 0 Å². The average Bonchev–Trinajstić information content (AvgIpc) is 2.97. The zero-order chi connectivity index (χ0) is 13.8. The molecule has 100 valence electrons. The Bertz CT molecular complexity index is 576. The van der Waals surface area contributed by atoms with E-state index in [1.165, 1.54) is 29.5 Å². The van der Waals surface area contributed by atoms with Crippen LogP contribution in [0.4, 0.5) is 10.5 Å². The fraction of sp³-hybridized carbons (Fsp3) is 0.200. The molecule has 0 saturated carbocycles. The van der Waals surface area contributed by atoms with Gasteiger partial charge in [0, 0.05) is 25.0 Å². The van der Waals surface area contributed by atoms with Crippen molar-refractivity contribution in [2.75, 3.05) is 5.32 Å². The molecule has 0 aliphatic carbocycles. The summed E-state index contributed by atoms with van der Waals surface area (Å²) in [6.07, 6.45) is 5.78. The second-order valence-corrected chi connectivity index (χ2v) is 3.80. The number of urea groups is 1. The molecule has 4 N–H and O–H groups in total. The Hall–Kier alpha value is -2.84. The van der Waals surface area contributed by atoms with Crippen LogP contribution in [0.2, 0.25) is 0 Å². The number of nitrogens with zero attached hydrogens (tertiary/aromatic N) is 3. The van der Waals surface area contributed by atoms with Gasteiger partial charge in [-0.15, -0.1) is 0 Å². The Morgan fingerprint density at radius 2 is 2.26 bits per heavy atom. The Balaban J connectivity index is 2.05. The van der Waals surface area contributed by atoms with Gasteiger partial charge in [-0.3, -0.25) is 9.78 Å². The topological polar surface area (TPSA) is 125 Å². The third-order valence-corrected chi connectivity index (χ3v) is 2.34. The van der Waals surface area contributed by atoms with E-state index in [2.05, 4.69) is 25.9 Å². The fourth-order valence-electron chi connectivity index (χ4n) is 1.49. The lowest BCUT2D eigenvalue weighted by Crippen LogP contribution is -2.36. The number of carbonyl (C=O) groups excluding carboxylic acids is 1. The number of hydrogen-bond acceptors (Lipinski definition) is 4. The quantitative estimate of drug-likeness (QED) is 0.622. The van der Waals surface area contributed by atoms with Gasteiger partial charge in [-0.25, -0.2) is 9.59 Å². The minimum atomic E-state index is -1.17. The molecule has 0 aliphatic rings. The maximum atomic E-state index is 11.7. The smallest absolute Gasteiger partial charge is 0.331 e. The number of aromatic amines is 1. The van der Waals surface area contributed by atoms with Gasteiger partial charge in [0.15, 0.2) is 6.04 Å². The second kappa shape index (κ2) is 5.21. The summed E-state index contributed by atoms with van der Waals surface area (Å²) in [4.78, 5) is 22.8. The van der Waals surface area contributed by atoms with Crippen molar-refractivity contribution >= 4 is 17.7 Å². The zero-order valence-corrected chi connectivity index (χ0v) is 9.99. The highest BCUT2D eigenvalue weighted by Gasteiger charge is 2.23. The van der Waals surface area contributed by atoms with Gasteiger partial charge >= 0.3 is 12.0 Å². The van der Waals surface area contributed by atoms with E-state index >= 15 is 0 Å². The van der Waals surface area contributed by atoms with Crippen LogP contribution in [0.1, 0.15) is 11.6 Å². The van der Waals surface area contributed by atoms with Crippen molar-refractivity contribution in [3.8, 4) is 0 Å². The van der Waals surface area contributed by atoms with Crippen LogP contribution in [0.5, 0.6) is 0 Å². The van der Waals surface area contributed by atoms with E-state index in [1.807, 2.05) is 0 Å². The summed E-state index contributed by atoms with van der Waals surface area (Å²) in [6, 6.07) is -1.81. The highest BCUT2D eigenvalue weighted by molar-refractivity contribution is 5.92. The maximum absolute atomic E-state index is 11.7. The molecule has 0 aliphatic heterocycles. The van der Waals surface area contributed by atoms with E-state index in [9.17, 15) is 9.59 Å². The van der Waals surface area contributed by atoms with Gasteiger partial charge in [-0.1, -0.05) is 0 Å². The van der Waals surface area contributed by atoms with Crippen LogP contribution in [0, 0.1) is 0 Å². The monoisotopic (exact) mass is 264 g/mol. The Kier molecular flexibility index (Phi) is 3.46. The predicted octanol–water partition coefficient (Wildman–Crippen LogP) is 0.0906. The molecule has 0 aromatic carbocycles. The molecule has 0 saturated heterocycles. The lowest BCUT2D eigenvalue weighted by Gasteiger charge is -2.12. The summed E-state index contributed by atoms with van der Waals surface area (Å²) in [7, 11) is 1.66. The molecule has 2 amide bonds. The van der Waals surface area contributed by atoms with Crippen LogP contribution in [0.3, 0.4) is 0 Å². The first-order valence-electron chi connectivity index (χ1n) is 5.34. The summed E-state index contributed by atoms with van der Waals surface area (Å²) >= 11 is 0. The van der Waals surface area contributed by atoms with Crippen molar-refractivity contribution in [2.24, 2.45) is 7.05 Å². The van der Waals surface area contributed by atoms with E-state index in [0.717, 1.165) is 0 Å². The molecule has 2 aromatic heterocycles. The lowest BCUT2D eigenvalue weighted by molar-refractivity contribution is -0.139. The number of carbonyl (C=O) groups is 2. The van der Waals surface area contributed by atoms with E-state index in [1.54, 1.807) is 7.05 Å². The third kappa shape index (κ3) is 3.09. The molecule has 0 fully saturated rings. The molecular formula is C10H12N6O3. The first-order chi connectivity index (χ1) is 9.06. The Morgan fingerprint density at radius 3 is 2.79 bits per heavy atom. The molecule has 1 unspecified atom stereocenters. The van der Waals surface area contributed by atoms with E-state index in [4.69, 9.17) is 5.11 Å². The number of nitrogens with one attached hydrogen (secondary N) is 3. The van der Waals surface area contributed by atoms with Crippen LogP contribution < -0.4 is 10.6 Å². The van der Waals surface area contributed by atoms with E-state index in [-0.39, 0.29) is 0 Å². The summed E-state index contributed by atoms with van der Waals surface area (Å²) < 4.78 is 1.46. The van der Waals surface area contributed by atoms with Gasteiger partial charge in [0.05, 0.1) is 18.1 Å². The molecular weight excluding hydrogens is 252 g/mol. The molecule has 9 heteroatoms. The Labute approximate surface area is 107 Å². The largest absolute Gasteiger partial charge is 0.479 e. The SMILES string of the molecule is Cn1cc(C(NC(=O)Nc2cn[nH]c2)C(=O)O)cn1.